The van der Waals surface area contributed by atoms with Crippen LogP contribution in [0.3, 0.4) is 0 Å². The number of rotatable bonds is 2. The van der Waals surface area contributed by atoms with Gasteiger partial charge in [0.25, 0.3) is 0 Å². The fourth-order valence-corrected chi connectivity index (χ4v) is 0.338. The summed E-state index contributed by atoms with van der Waals surface area (Å²) in [6.45, 7) is 0. The molecule has 0 atom stereocenters. The van der Waals surface area contributed by atoms with Gasteiger partial charge in [0.2, 0.25) is 0 Å². The van der Waals surface area contributed by atoms with E-state index in [0.29, 0.717) is 0 Å². The zero-order valence-electron chi connectivity index (χ0n) is 4.74. The van der Waals surface area contributed by atoms with Crippen LogP contribution >= 0.6 is 0 Å². The smallest absolute Gasteiger partial charge is 0.386 e. The average molecular weight is 128 g/mol. The van der Waals surface area contributed by atoms with Crippen molar-refractivity contribution in [2.45, 2.75) is 0 Å². The van der Waals surface area contributed by atoms with Gasteiger partial charge in [-0.05, 0) is 0 Å². The minimum Gasteiger partial charge on any atom is -0.386 e. The normalized spacial score (nSPS) is 12.8. The number of hydrogen-bond acceptors (Lipinski definition) is 1. The van der Waals surface area contributed by atoms with Gasteiger partial charge in [-0.25, -0.2) is 5.01 Å². The van der Waals surface area contributed by atoms with Crippen LogP contribution in [0, 0.1) is 0 Å². The van der Waals surface area contributed by atoms with E-state index in [9.17, 15) is 12.9 Å². The van der Waals surface area contributed by atoms with Gasteiger partial charge in [-0.3, -0.25) is 0 Å². The minimum absolute atomic E-state index is 0.250. The zero-order valence-corrected chi connectivity index (χ0v) is 4.74. The van der Waals surface area contributed by atoms with Crippen LogP contribution in [0.4, 0.5) is 12.9 Å². The van der Waals surface area contributed by atoms with Crippen molar-refractivity contribution in [1.29, 1.82) is 0 Å². The number of nitrogens with zero attached hydrogens (tertiary/aromatic N) is 1. The van der Waals surface area contributed by atoms with Gasteiger partial charge in [0.15, 0.2) is 0 Å². The first-order chi connectivity index (χ1) is 3.42. The SMILES string of the molecule is CN(C)[NH2+][B-](F)(F)F. The molecule has 0 radical (unpaired) electrons. The molecule has 0 heterocycles. The second-order valence-electron chi connectivity index (χ2n) is 1.74. The van der Waals surface area contributed by atoms with Gasteiger partial charge in [0.05, 0.1) is 0 Å². The number of nitrogens with two attached hydrogens (primary N) is 1. The first-order valence-corrected chi connectivity index (χ1v) is 2.14. The fraction of sp³-hybridized carbons (Fsp3) is 1.00. The zero-order chi connectivity index (χ0) is 6.78. The van der Waals surface area contributed by atoms with Gasteiger partial charge >= 0.3 is 7.11 Å². The highest BCUT2D eigenvalue weighted by molar-refractivity contribution is 6.47. The molecule has 6 heteroatoms. The summed E-state index contributed by atoms with van der Waals surface area (Å²) in [4.78, 5) is 0. The molecule has 0 unspecified atom stereocenters. The van der Waals surface area contributed by atoms with Gasteiger partial charge in [-0.1, -0.05) is 0 Å². The third-order valence-corrected chi connectivity index (χ3v) is 0.467. The summed E-state index contributed by atoms with van der Waals surface area (Å²) in [7, 11) is -2.05. The van der Waals surface area contributed by atoms with Crippen molar-refractivity contribution in [2.75, 3.05) is 14.1 Å². The fourth-order valence-electron chi connectivity index (χ4n) is 0.338. The van der Waals surface area contributed by atoms with Gasteiger partial charge < -0.3 is 18.3 Å². The minimum atomic E-state index is -4.74. The maximum absolute atomic E-state index is 11.3. The first kappa shape index (κ1) is 7.77. The molecule has 8 heavy (non-hydrogen) atoms. The molecule has 0 rings (SSSR count). The van der Waals surface area contributed by atoms with Gasteiger partial charge in [0, 0.05) is 14.1 Å². The summed E-state index contributed by atoms with van der Waals surface area (Å²) >= 11 is 0. The van der Waals surface area contributed by atoms with Crippen LogP contribution in [0.25, 0.3) is 0 Å². The third-order valence-electron chi connectivity index (χ3n) is 0.467. The maximum atomic E-state index is 11.3. The molecule has 0 aliphatic heterocycles. The lowest BCUT2D eigenvalue weighted by Gasteiger charge is -2.15. The maximum Gasteiger partial charge on any atom is 0.748 e. The Balaban J connectivity index is 3.39. The van der Waals surface area contributed by atoms with E-state index < -0.39 is 7.11 Å². The molecular formula is C2H8BF3N2. The van der Waals surface area contributed by atoms with Crippen LogP contribution in [-0.4, -0.2) is 26.2 Å². The topological polar surface area (TPSA) is 19.9 Å². The highest BCUT2D eigenvalue weighted by Gasteiger charge is 2.33. The molecule has 0 saturated carbocycles. The Morgan fingerprint density at radius 3 is 1.62 bits per heavy atom. The predicted molar refractivity (Wildman–Crippen MR) is 24.7 cm³/mol. The van der Waals surface area contributed by atoms with E-state index in [-0.39, 0.29) is 5.34 Å². The van der Waals surface area contributed by atoms with Crippen molar-refractivity contribution in [1.82, 2.24) is 5.01 Å². The lowest BCUT2D eigenvalue weighted by Crippen LogP contribution is -3.02. The van der Waals surface area contributed by atoms with E-state index in [4.69, 9.17) is 0 Å². The average Bonchev–Trinajstić information content (AvgIpc) is 1.21. The summed E-state index contributed by atoms with van der Waals surface area (Å²) in [5.41, 5.74) is 0. The van der Waals surface area contributed by atoms with E-state index in [1.807, 2.05) is 0 Å². The van der Waals surface area contributed by atoms with Crippen molar-refractivity contribution in [3.05, 3.63) is 0 Å². The van der Waals surface area contributed by atoms with Gasteiger partial charge in [-0.15, -0.1) is 0 Å². The van der Waals surface area contributed by atoms with Crippen LogP contribution in [0.5, 0.6) is 0 Å². The van der Waals surface area contributed by atoms with Crippen LogP contribution in [-0.2, 0) is 0 Å². The lowest BCUT2D eigenvalue weighted by atomic mass is 10.2. The molecule has 0 fully saturated rings. The molecule has 2 nitrogen and oxygen atoms in total. The predicted octanol–water partition coefficient (Wildman–Crippen LogP) is -0.630. The Labute approximate surface area is 45.7 Å². The van der Waals surface area contributed by atoms with Crippen molar-refractivity contribution < 1.29 is 18.3 Å². The summed E-state index contributed by atoms with van der Waals surface area (Å²) < 4.78 is 33.8. The molecule has 0 aromatic heterocycles. The Bertz CT molecular complexity index is 70.2. The summed E-state index contributed by atoms with van der Waals surface area (Å²) in [6.07, 6.45) is 0. The number of quaternary nitrogens is 1. The second-order valence-corrected chi connectivity index (χ2v) is 1.74. The van der Waals surface area contributed by atoms with Crippen LogP contribution in [0.2, 0.25) is 0 Å². The van der Waals surface area contributed by atoms with Crippen LogP contribution in [0.1, 0.15) is 0 Å². The van der Waals surface area contributed by atoms with Crippen LogP contribution in [0.15, 0.2) is 0 Å². The molecule has 0 bridgehead atoms. The molecular weight excluding hydrogens is 120 g/mol. The monoisotopic (exact) mass is 128 g/mol. The Morgan fingerprint density at radius 2 is 1.62 bits per heavy atom. The van der Waals surface area contributed by atoms with Gasteiger partial charge in [-0.2, -0.15) is 0 Å². The third kappa shape index (κ3) is 5.77. The molecule has 0 spiro atoms. The van der Waals surface area contributed by atoms with Crippen LogP contribution < -0.4 is 5.34 Å². The molecule has 0 amide bonds. The van der Waals surface area contributed by atoms with E-state index in [1.54, 1.807) is 0 Å². The molecule has 0 aromatic rings. The largest absolute Gasteiger partial charge is 0.748 e. The van der Waals surface area contributed by atoms with Crippen molar-refractivity contribution in [3.63, 3.8) is 0 Å². The highest BCUT2D eigenvalue weighted by Crippen LogP contribution is 1.93. The van der Waals surface area contributed by atoms with E-state index in [0.717, 1.165) is 5.01 Å². The molecule has 0 aromatic carbocycles. The Hall–Kier alpha value is -0.225. The Kier molecular flexibility index (Phi) is 2.30. The lowest BCUT2D eigenvalue weighted by molar-refractivity contribution is -0.713. The first-order valence-electron chi connectivity index (χ1n) is 2.14. The summed E-state index contributed by atoms with van der Waals surface area (Å²) in [5, 5.41) is 1.24. The van der Waals surface area contributed by atoms with E-state index in [1.165, 1.54) is 14.1 Å². The van der Waals surface area contributed by atoms with Gasteiger partial charge in [0.1, 0.15) is 0 Å². The molecule has 2 N–H and O–H groups in total. The van der Waals surface area contributed by atoms with E-state index in [2.05, 4.69) is 0 Å². The van der Waals surface area contributed by atoms with Crippen molar-refractivity contribution in [3.8, 4) is 0 Å². The molecule has 50 valence electrons. The van der Waals surface area contributed by atoms with E-state index >= 15 is 0 Å². The van der Waals surface area contributed by atoms with Crippen molar-refractivity contribution >= 4 is 7.11 Å². The standard InChI is InChI=1S/C2H8BF3N2/c1-8(2)7-3(4,5)6/h7H2,1-2H3. The Morgan fingerprint density at radius 1 is 1.25 bits per heavy atom. The summed E-state index contributed by atoms with van der Waals surface area (Å²) in [5.74, 6) is 0. The molecule has 0 saturated heterocycles. The quantitative estimate of drug-likeness (QED) is 0.298. The van der Waals surface area contributed by atoms with Crippen molar-refractivity contribution in [2.24, 2.45) is 0 Å². The second kappa shape index (κ2) is 2.36. The highest BCUT2D eigenvalue weighted by atomic mass is 19.4. The number of hydrogen-bond donors (Lipinski definition) is 1. The summed E-state index contributed by atoms with van der Waals surface area (Å²) in [6, 6.07) is 0. The number of halogens is 3. The molecule has 0 aliphatic carbocycles. The molecule has 0 aliphatic rings.